The number of benzene rings is 1. The number of hydrogen-bond donors (Lipinski definition) is 2. The summed E-state index contributed by atoms with van der Waals surface area (Å²) in [6.45, 7) is 0.701. The molecule has 1 heterocycles. The summed E-state index contributed by atoms with van der Waals surface area (Å²) < 4.78 is 1.82. The van der Waals surface area contributed by atoms with Gasteiger partial charge in [0.15, 0.2) is 5.82 Å². The number of amides is 2. The molecule has 0 atom stereocenters. The molecule has 2 N–H and O–H groups in total. The molecule has 1 saturated carbocycles. The Kier molecular flexibility index (Phi) is 4.73. The molecule has 2 amide bonds. The van der Waals surface area contributed by atoms with E-state index < -0.39 is 0 Å². The summed E-state index contributed by atoms with van der Waals surface area (Å²) in [5, 5.41) is 10.2. The first-order chi connectivity index (χ1) is 10.8. The number of aromatic nitrogens is 2. The van der Waals surface area contributed by atoms with E-state index in [1.54, 1.807) is 0 Å². The lowest BCUT2D eigenvalue weighted by Gasteiger charge is -2.22. The smallest absolute Gasteiger partial charge is 0.320 e. The summed E-state index contributed by atoms with van der Waals surface area (Å²) >= 11 is 0. The topological polar surface area (TPSA) is 59.0 Å². The molecule has 1 fully saturated rings. The molecule has 22 heavy (non-hydrogen) atoms. The number of hydrogen-bond acceptors (Lipinski definition) is 2. The van der Waals surface area contributed by atoms with E-state index in [1.165, 1.54) is 24.8 Å². The van der Waals surface area contributed by atoms with E-state index >= 15 is 0 Å². The van der Waals surface area contributed by atoms with Crippen molar-refractivity contribution in [1.29, 1.82) is 0 Å². The number of anilines is 1. The Balaban J connectivity index is 1.51. The number of carbonyl (C=O) groups is 1. The lowest BCUT2D eigenvalue weighted by molar-refractivity contribution is 0.244. The van der Waals surface area contributed by atoms with Gasteiger partial charge in [0.2, 0.25) is 0 Å². The summed E-state index contributed by atoms with van der Waals surface area (Å²) in [5.41, 5.74) is 1.18. The van der Waals surface area contributed by atoms with Crippen molar-refractivity contribution < 1.29 is 4.79 Å². The van der Waals surface area contributed by atoms with E-state index in [-0.39, 0.29) is 6.03 Å². The normalized spacial score (nSPS) is 15.5. The highest BCUT2D eigenvalue weighted by molar-refractivity contribution is 5.88. The van der Waals surface area contributed by atoms with Gasteiger partial charge in [-0.25, -0.2) is 4.79 Å². The molecule has 2 aromatic rings. The van der Waals surface area contributed by atoms with Gasteiger partial charge < -0.3 is 5.32 Å². The first-order valence-electron chi connectivity index (χ1n) is 7.94. The van der Waals surface area contributed by atoms with Gasteiger partial charge >= 0.3 is 6.03 Å². The third-order valence-corrected chi connectivity index (χ3v) is 4.01. The zero-order chi connectivity index (χ0) is 15.2. The molecule has 1 aliphatic rings. The number of carbonyl (C=O) groups excluding carboxylic acids is 1. The van der Waals surface area contributed by atoms with Gasteiger partial charge in [0.25, 0.3) is 0 Å². The molecule has 1 aromatic heterocycles. The Morgan fingerprint density at radius 2 is 1.91 bits per heavy atom. The van der Waals surface area contributed by atoms with Crippen LogP contribution in [0.4, 0.5) is 10.6 Å². The average Bonchev–Trinajstić information content (AvgIpc) is 2.96. The molecule has 0 aliphatic heterocycles. The zero-order valence-electron chi connectivity index (χ0n) is 12.7. The molecule has 0 unspecified atom stereocenters. The van der Waals surface area contributed by atoms with Crippen LogP contribution in [0.2, 0.25) is 0 Å². The van der Waals surface area contributed by atoms with E-state index in [4.69, 9.17) is 0 Å². The van der Waals surface area contributed by atoms with Crippen LogP contribution in [0.1, 0.15) is 37.7 Å². The van der Waals surface area contributed by atoms with Crippen LogP contribution < -0.4 is 10.6 Å². The fourth-order valence-electron chi connectivity index (χ4n) is 2.87. The van der Waals surface area contributed by atoms with Crippen molar-refractivity contribution in [3.05, 3.63) is 48.2 Å². The number of nitrogens with one attached hydrogen (secondary N) is 2. The second-order valence-corrected chi connectivity index (χ2v) is 5.82. The molecular weight excluding hydrogens is 276 g/mol. The summed E-state index contributed by atoms with van der Waals surface area (Å²) in [4.78, 5) is 12.0. The van der Waals surface area contributed by atoms with Crippen LogP contribution in [-0.4, -0.2) is 21.9 Å². The summed E-state index contributed by atoms with van der Waals surface area (Å²) in [6, 6.07) is 12.1. The van der Waals surface area contributed by atoms with Gasteiger partial charge in [0.05, 0.1) is 6.54 Å². The first-order valence-corrected chi connectivity index (χ1v) is 7.94. The Bertz CT molecular complexity index is 602. The van der Waals surface area contributed by atoms with Crippen molar-refractivity contribution in [1.82, 2.24) is 15.1 Å². The Morgan fingerprint density at radius 1 is 1.14 bits per heavy atom. The maximum absolute atomic E-state index is 12.0. The maximum atomic E-state index is 12.0. The molecule has 0 spiro atoms. The Morgan fingerprint density at radius 3 is 2.68 bits per heavy atom. The van der Waals surface area contributed by atoms with Gasteiger partial charge in [-0.05, 0) is 18.4 Å². The van der Waals surface area contributed by atoms with Crippen molar-refractivity contribution in [2.24, 2.45) is 0 Å². The van der Waals surface area contributed by atoms with Crippen molar-refractivity contribution in [3.63, 3.8) is 0 Å². The Labute approximate surface area is 130 Å². The van der Waals surface area contributed by atoms with Crippen LogP contribution in [0.3, 0.4) is 0 Å². The van der Waals surface area contributed by atoms with Gasteiger partial charge in [-0.3, -0.25) is 10.00 Å². The van der Waals surface area contributed by atoms with Gasteiger partial charge in [-0.2, -0.15) is 5.10 Å². The van der Waals surface area contributed by atoms with Crippen molar-refractivity contribution in [2.45, 2.75) is 44.7 Å². The lowest BCUT2D eigenvalue weighted by atomic mass is 9.96. The van der Waals surface area contributed by atoms with Gasteiger partial charge in [-0.1, -0.05) is 49.6 Å². The summed E-state index contributed by atoms with van der Waals surface area (Å²) in [7, 11) is 0. The lowest BCUT2D eigenvalue weighted by Crippen LogP contribution is -2.39. The molecule has 0 saturated heterocycles. The van der Waals surface area contributed by atoms with Crippen molar-refractivity contribution in [2.75, 3.05) is 5.32 Å². The minimum absolute atomic E-state index is 0.156. The summed E-state index contributed by atoms with van der Waals surface area (Å²) in [5.74, 6) is 0.587. The fourth-order valence-corrected chi connectivity index (χ4v) is 2.87. The van der Waals surface area contributed by atoms with E-state index in [0.717, 1.165) is 12.8 Å². The van der Waals surface area contributed by atoms with Crippen molar-refractivity contribution in [3.8, 4) is 0 Å². The fraction of sp³-hybridized carbons (Fsp3) is 0.412. The summed E-state index contributed by atoms with van der Waals surface area (Å²) in [6.07, 6.45) is 7.73. The molecule has 116 valence electrons. The van der Waals surface area contributed by atoms with Gasteiger partial charge in [0.1, 0.15) is 0 Å². The van der Waals surface area contributed by atoms with Gasteiger partial charge in [-0.15, -0.1) is 0 Å². The second kappa shape index (κ2) is 7.11. The van der Waals surface area contributed by atoms with Crippen LogP contribution in [0.5, 0.6) is 0 Å². The zero-order valence-corrected chi connectivity index (χ0v) is 12.7. The Hall–Kier alpha value is -2.30. The molecule has 5 heteroatoms. The largest absolute Gasteiger partial charge is 0.335 e. The minimum atomic E-state index is -0.156. The van der Waals surface area contributed by atoms with E-state index in [1.807, 2.05) is 35.1 Å². The monoisotopic (exact) mass is 298 g/mol. The van der Waals surface area contributed by atoms with Crippen LogP contribution in [0.25, 0.3) is 0 Å². The molecule has 1 aromatic carbocycles. The SMILES string of the molecule is O=C(Nc1ccn(Cc2ccccc2)n1)NC1CCCCC1. The average molecular weight is 298 g/mol. The van der Waals surface area contributed by atoms with Crippen molar-refractivity contribution >= 4 is 11.8 Å². The molecule has 1 aliphatic carbocycles. The molecule has 5 nitrogen and oxygen atoms in total. The highest BCUT2D eigenvalue weighted by Gasteiger charge is 2.15. The molecular formula is C17H22N4O. The number of urea groups is 1. The highest BCUT2D eigenvalue weighted by Crippen LogP contribution is 2.17. The maximum Gasteiger partial charge on any atom is 0.320 e. The van der Waals surface area contributed by atoms with Gasteiger partial charge in [0, 0.05) is 18.3 Å². The van der Waals surface area contributed by atoms with Crippen LogP contribution in [0, 0.1) is 0 Å². The van der Waals surface area contributed by atoms with E-state index in [2.05, 4.69) is 27.9 Å². The number of rotatable bonds is 4. The van der Waals surface area contributed by atoms with E-state index in [9.17, 15) is 4.79 Å². The van der Waals surface area contributed by atoms with Crippen LogP contribution >= 0.6 is 0 Å². The van der Waals surface area contributed by atoms with Crippen LogP contribution in [-0.2, 0) is 6.54 Å². The van der Waals surface area contributed by atoms with E-state index in [0.29, 0.717) is 18.4 Å². The van der Waals surface area contributed by atoms with Crippen LogP contribution in [0.15, 0.2) is 42.6 Å². The molecule has 3 rings (SSSR count). The molecule has 0 radical (unpaired) electrons. The quantitative estimate of drug-likeness (QED) is 0.909. The molecule has 0 bridgehead atoms. The first kappa shape index (κ1) is 14.6. The standard InChI is InChI=1S/C17H22N4O/c22-17(18-15-9-5-2-6-10-15)19-16-11-12-21(20-16)13-14-7-3-1-4-8-14/h1,3-4,7-8,11-12,15H,2,5-6,9-10,13H2,(H2,18,19,20,22). The predicted octanol–water partition coefficient (Wildman–Crippen LogP) is 3.39. The minimum Gasteiger partial charge on any atom is -0.335 e. The predicted molar refractivity (Wildman–Crippen MR) is 86.8 cm³/mol. The highest BCUT2D eigenvalue weighted by atomic mass is 16.2. The third-order valence-electron chi connectivity index (χ3n) is 4.01. The number of nitrogens with zero attached hydrogens (tertiary/aromatic N) is 2. The third kappa shape index (κ3) is 4.10. The second-order valence-electron chi connectivity index (χ2n) is 5.82.